The molecule has 1 spiro atoms. The van der Waals surface area contributed by atoms with Gasteiger partial charge >= 0.3 is 0 Å². The second-order valence-electron chi connectivity index (χ2n) is 8.03. The van der Waals surface area contributed by atoms with Crippen LogP contribution < -0.4 is 5.32 Å². The lowest BCUT2D eigenvalue weighted by Crippen LogP contribution is -2.44. The van der Waals surface area contributed by atoms with Crippen molar-refractivity contribution in [2.75, 3.05) is 44.8 Å². The SMILES string of the molecule is Cc1cccc(NCC2COC3(COCCN(Cc4nccn4C)C3)C2)c1. The number of aryl methyl sites for hydroxylation is 2. The number of ether oxygens (including phenoxy) is 2. The first-order valence-electron chi connectivity index (χ1n) is 9.83. The van der Waals surface area contributed by atoms with Gasteiger partial charge in [-0.2, -0.15) is 0 Å². The Morgan fingerprint density at radius 3 is 3.11 bits per heavy atom. The van der Waals surface area contributed by atoms with Crippen LogP contribution in [0, 0.1) is 12.8 Å². The van der Waals surface area contributed by atoms with Crippen molar-refractivity contribution in [3.05, 3.63) is 48.0 Å². The van der Waals surface area contributed by atoms with E-state index >= 15 is 0 Å². The summed E-state index contributed by atoms with van der Waals surface area (Å²) in [4.78, 5) is 6.89. The summed E-state index contributed by atoms with van der Waals surface area (Å²) in [6, 6.07) is 8.54. The van der Waals surface area contributed by atoms with E-state index in [0.29, 0.717) is 12.5 Å². The second kappa shape index (κ2) is 8.00. The standard InChI is InChI=1S/C21H30N4O2/c1-17-4-3-5-19(10-17)23-12-18-11-21(27-14-18)15-25(8-9-26-16-21)13-20-22-6-7-24(20)2/h3-7,10,18,23H,8-9,11-16H2,1-2H3. The third-order valence-corrected chi connectivity index (χ3v) is 5.61. The van der Waals surface area contributed by atoms with E-state index in [1.165, 1.54) is 11.3 Å². The van der Waals surface area contributed by atoms with Gasteiger partial charge in [0.2, 0.25) is 0 Å². The van der Waals surface area contributed by atoms with E-state index in [9.17, 15) is 0 Å². The molecule has 2 unspecified atom stereocenters. The van der Waals surface area contributed by atoms with Gasteiger partial charge in [0, 0.05) is 50.7 Å². The summed E-state index contributed by atoms with van der Waals surface area (Å²) in [7, 11) is 2.05. The van der Waals surface area contributed by atoms with E-state index in [4.69, 9.17) is 9.47 Å². The topological polar surface area (TPSA) is 51.5 Å². The maximum Gasteiger partial charge on any atom is 0.122 e. The fourth-order valence-electron chi connectivity index (χ4n) is 4.17. The van der Waals surface area contributed by atoms with Gasteiger partial charge in [0.15, 0.2) is 0 Å². The molecule has 27 heavy (non-hydrogen) atoms. The molecule has 0 radical (unpaired) electrons. The van der Waals surface area contributed by atoms with Crippen LogP contribution >= 0.6 is 0 Å². The van der Waals surface area contributed by atoms with Crippen LogP contribution in [-0.4, -0.2) is 59.5 Å². The third kappa shape index (κ3) is 4.51. The molecule has 3 heterocycles. The number of nitrogens with zero attached hydrogens (tertiary/aromatic N) is 3. The van der Waals surface area contributed by atoms with E-state index < -0.39 is 0 Å². The molecule has 0 aliphatic carbocycles. The van der Waals surface area contributed by atoms with Crippen LogP contribution in [-0.2, 0) is 23.1 Å². The number of nitrogens with one attached hydrogen (secondary N) is 1. The van der Waals surface area contributed by atoms with Crippen molar-refractivity contribution in [2.24, 2.45) is 13.0 Å². The van der Waals surface area contributed by atoms with Crippen LogP contribution in [0.5, 0.6) is 0 Å². The molecule has 0 bridgehead atoms. The van der Waals surface area contributed by atoms with Gasteiger partial charge in [-0.1, -0.05) is 12.1 Å². The number of anilines is 1. The predicted octanol–water partition coefficient (Wildman–Crippen LogP) is 2.45. The molecule has 6 heteroatoms. The molecule has 2 fully saturated rings. The molecule has 2 atom stereocenters. The van der Waals surface area contributed by atoms with E-state index in [1.54, 1.807) is 0 Å². The summed E-state index contributed by atoms with van der Waals surface area (Å²) < 4.78 is 14.3. The summed E-state index contributed by atoms with van der Waals surface area (Å²) in [5.74, 6) is 1.59. The first-order chi connectivity index (χ1) is 13.1. The van der Waals surface area contributed by atoms with Gasteiger partial charge in [-0.15, -0.1) is 0 Å². The van der Waals surface area contributed by atoms with Crippen molar-refractivity contribution in [2.45, 2.75) is 25.5 Å². The van der Waals surface area contributed by atoms with Gasteiger partial charge in [0.05, 0.1) is 26.4 Å². The minimum Gasteiger partial charge on any atom is -0.385 e. The van der Waals surface area contributed by atoms with Crippen LogP contribution in [0.25, 0.3) is 0 Å². The molecule has 0 saturated carbocycles. The lowest BCUT2D eigenvalue weighted by molar-refractivity contribution is -0.0564. The van der Waals surface area contributed by atoms with E-state index in [0.717, 1.165) is 51.6 Å². The Morgan fingerprint density at radius 1 is 1.37 bits per heavy atom. The van der Waals surface area contributed by atoms with Crippen molar-refractivity contribution in [1.29, 1.82) is 0 Å². The van der Waals surface area contributed by atoms with E-state index in [-0.39, 0.29) is 5.60 Å². The second-order valence-corrected chi connectivity index (χ2v) is 8.03. The smallest absolute Gasteiger partial charge is 0.122 e. The maximum absolute atomic E-state index is 6.33. The Hall–Kier alpha value is -1.89. The zero-order valence-electron chi connectivity index (χ0n) is 16.4. The monoisotopic (exact) mass is 370 g/mol. The summed E-state index contributed by atoms with van der Waals surface area (Å²) in [6.45, 7) is 7.95. The first kappa shape index (κ1) is 18.5. The van der Waals surface area contributed by atoms with E-state index in [1.807, 2.05) is 19.4 Å². The van der Waals surface area contributed by atoms with Gasteiger partial charge in [-0.25, -0.2) is 4.98 Å². The average molecular weight is 370 g/mol. The minimum absolute atomic E-state index is 0.194. The Balaban J connectivity index is 1.35. The number of rotatable bonds is 5. The molecule has 6 nitrogen and oxygen atoms in total. The number of imidazole rings is 1. The average Bonchev–Trinajstić information content (AvgIpc) is 3.17. The lowest BCUT2D eigenvalue weighted by Gasteiger charge is -2.31. The van der Waals surface area contributed by atoms with E-state index in [2.05, 4.69) is 51.0 Å². The lowest BCUT2D eigenvalue weighted by atomic mass is 9.94. The number of hydrogen-bond donors (Lipinski definition) is 1. The zero-order valence-corrected chi connectivity index (χ0v) is 16.4. The zero-order chi connectivity index (χ0) is 18.7. The minimum atomic E-state index is -0.194. The van der Waals surface area contributed by atoms with Crippen molar-refractivity contribution >= 4 is 5.69 Å². The Morgan fingerprint density at radius 2 is 2.30 bits per heavy atom. The molecule has 0 amide bonds. The molecular formula is C21H30N4O2. The highest BCUT2D eigenvalue weighted by Crippen LogP contribution is 2.33. The number of aromatic nitrogens is 2. The van der Waals surface area contributed by atoms with Crippen LogP contribution in [0.15, 0.2) is 36.7 Å². The molecule has 2 aliphatic rings. The molecule has 2 aromatic rings. The number of hydrogen-bond acceptors (Lipinski definition) is 5. The number of benzene rings is 1. The van der Waals surface area contributed by atoms with Crippen LogP contribution in [0.1, 0.15) is 17.8 Å². The van der Waals surface area contributed by atoms with Crippen molar-refractivity contribution < 1.29 is 9.47 Å². The predicted molar refractivity (Wildman–Crippen MR) is 106 cm³/mol. The van der Waals surface area contributed by atoms with Gasteiger partial charge < -0.3 is 19.4 Å². The van der Waals surface area contributed by atoms with Gasteiger partial charge in [0.25, 0.3) is 0 Å². The van der Waals surface area contributed by atoms with Gasteiger partial charge in [-0.05, 0) is 31.0 Å². The maximum atomic E-state index is 6.33. The fraction of sp³-hybridized carbons (Fsp3) is 0.571. The van der Waals surface area contributed by atoms with Gasteiger partial charge in [0.1, 0.15) is 11.4 Å². The fourth-order valence-corrected chi connectivity index (χ4v) is 4.17. The molecule has 1 aromatic carbocycles. The molecule has 2 saturated heterocycles. The Bertz CT molecular complexity index is 762. The molecule has 4 rings (SSSR count). The summed E-state index contributed by atoms with van der Waals surface area (Å²) >= 11 is 0. The first-order valence-corrected chi connectivity index (χ1v) is 9.83. The molecule has 1 N–H and O–H groups in total. The summed E-state index contributed by atoms with van der Waals surface area (Å²) in [5, 5.41) is 3.57. The summed E-state index contributed by atoms with van der Waals surface area (Å²) in [6.07, 6.45) is 4.89. The molecule has 2 aliphatic heterocycles. The molecular weight excluding hydrogens is 340 g/mol. The Kier molecular flexibility index (Phi) is 5.48. The van der Waals surface area contributed by atoms with Crippen LogP contribution in [0.2, 0.25) is 0 Å². The highest BCUT2D eigenvalue weighted by atomic mass is 16.5. The largest absolute Gasteiger partial charge is 0.385 e. The Labute approximate surface area is 161 Å². The third-order valence-electron chi connectivity index (χ3n) is 5.61. The quantitative estimate of drug-likeness (QED) is 0.876. The van der Waals surface area contributed by atoms with Crippen molar-refractivity contribution in [1.82, 2.24) is 14.5 Å². The summed E-state index contributed by atoms with van der Waals surface area (Å²) in [5.41, 5.74) is 2.27. The van der Waals surface area contributed by atoms with Gasteiger partial charge in [-0.3, -0.25) is 4.90 Å². The van der Waals surface area contributed by atoms with Crippen molar-refractivity contribution in [3.8, 4) is 0 Å². The normalized spacial score (nSPS) is 26.4. The van der Waals surface area contributed by atoms with Crippen LogP contribution in [0.3, 0.4) is 0 Å². The molecule has 146 valence electrons. The molecule has 1 aromatic heterocycles. The highest BCUT2D eigenvalue weighted by molar-refractivity contribution is 5.45. The van der Waals surface area contributed by atoms with Crippen molar-refractivity contribution in [3.63, 3.8) is 0 Å². The highest BCUT2D eigenvalue weighted by Gasteiger charge is 2.43. The van der Waals surface area contributed by atoms with Crippen LogP contribution in [0.4, 0.5) is 5.69 Å².